The lowest BCUT2D eigenvalue weighted by atomic mass is 10.2. The van der Waals surface area contributed by atoms with Crippen molar-refractivity contribution in [1.82, 2.24) is 15.0 Å². The number of aromatic nitrogens is 3. The zero-order chi connectivity index (χ0) is 11.9. The number of pyridine rings is 1. The second-order valence-corrected chi connectivity index (χ2v) is 4.97. The molecule has 3 nitrogen and oxygen atoms in total. The molecule has 1 aliphatic rings. The molecule has 17 heavy (non-hydrogen) atoms. The molecule has 0 aliphatic heterocycles. The van der Waals surface area contributed by atoms with Crippen LogP contribution in [0.25, 0.3) is 0 Å². The Labute approximate surface area is 103 Å². The number of hydrogen-bond acceptors (Lipinski definition) is 2. The van der Waals surface area contributed by atoms with E-state index in [2.05, 4.69) is 15.0 Å². The highest BCUT2D eigenvalue weighted by Gasteiger charge is 2.56. The summed E-state index contributed by atoms with van der Waals surface area (Å²) in [5.74, 6) is 0.363. The molecule has 88 valence electrons. The van der Waals surface area contributed by atoms with Gasteiger partial charge in [0.25, 0.3) is 0 Å². The van der Waals surface area contributed by atoms with Crippen LogP contribution in [0.2, 0.25) is 0 Å². The molecule has 0 amide bonds. The molecule has 3 rings (SSSR count). The van der Waals surface area contributed by atoms with Crippen LogP contribution in [0, 0.1) is 0 Å². The second-order valence-electron chi connectivity index (χ2n) is 4.34. The Morgan fingerprint density at radius 3 is 2.82 bits per heavy atom. The predicted molar refractivity (Wildman–Crippen MR) is 62.7 cm³/mol. The zero-order valence-corrected chi connectivity index (χ0v) is 9.78. The fraction of sp³-hybridized carbons (Fsp3) is 0.333. The van der Waals surface area contributed by atoms with Crippen molar-refractivity contribution in [2.24, 2.45) is 0 Å². The Bertz CT molecular complexity index is 524. The molecule has 2 aromatic rings. The minimum absolute atomic E-state index is 0.282. The van der Waals surface area contributed by atoms with Gasteiger partial charge in [-0.05, 0) is 17.7 Å². The maximum atomic E-state index is 13.3. The average Bonchev–Trinajstić information content (AvgIpc) is 2.74. The molecular weight excluding hydrogens is 241 g/mol. The maximum Gasteiger partial charge on any atom is 0.194 e. The van der Waals surface area contributed by atoms with E-state index in [0.717, 1.165) is 17.7 Å². The standard InChI is InChI=1S/C12H11ClFN3/c13-12(14)6-10(12)11-16-7-9(17-11)5-8-1-3-15-4-2-8/h1-4,7,10H,5-6H2,(H,16,17). The van der Waals surface area contributed by atoms with Crippen molar-refractivity contribution in [3.63, 3.8) is 0 Å². The van der Waals surface area contributed by atoms with Crippen LogP contribution in [0.15, 0.2) is 30.7 Å². The second kappa shape index (κ2) is 3.81. The topological polar surface area (TPSA) is 41.6 Å². The molecule has 1 fully saturated rings. The van der Waals surface area contributed by atoms with Crippen molar-refractivity contribution < 1.29 is 4.39 Å². The van der Waals surface area contributed by atoms with Crippen molar-refractivity contribution in [2.45, 2.75) is 23.9 Å². The first kappa shape index (κ1) is 10.7. The van der Waals surface area contributed by atoms with Crippen LogP contribution in [0.4, 0.5) is 4.39 Å². The SMILES string of the molecule is FC1(Cl)CC1c1ncc(Cc2ccncc2)[nH]1. The number of imidazole rings is 1. The van der Waals surface area contributed by atoms with Gasteiger partial charge in [0.05, 0.1) is 5.92 Å². The summed E-state index contributed by atoms with van der Waals surface area (Å²) in [6.45, 7) is 0. The summed E-state index contributed by atoms with van der Waals surface area (Å²) >= 11 is 5.58. The van der Waals surface area contributed by atoms with Gasteiger partial charge >= 0.3 is 0 Å². The molecule has 2 heterocycles. The Hall–Kier alpha value is -1.42. The first-order valence-electron chi connectivity index (χ1n) is 5.46. The number of alkyl halides is 2. The largest absolute Gasteiger partial charge is 0.345 e. The van der Waals surface area contributed by atoms with E-state index in [1.807, 2.05) is 12.1 Å². The summed E-state index contributed by atoms with van der Waals surface area (Å²) < 4.78 is 13.3. The number of H-pyrrole nitrogens is 1. The number of hydrogen-bond donors (Lipinski definition) is 1. The highest BCUT2D eigenvalue weighted by molar-refractivity contribution is 6.25. The summed E-state index contributed by atoms with van der Waals surface area (Å²) in [6.07, 6.45) is 6.32. The Morgan fingerprint density at radius 1 is 1.47 bits per heavy atom. The van der Waals surface area contributed by atoms with E-state index >= 15 is 0 Å². The average molecular weight is 252 g/mol. The fourth-order valence-corrected chi connectivity index (χ4v) is 2.13. The molecule has 0 aromatic carbocycles. The lowest BCUT2D eigenvalue weighted by molar-refractivity contribution is 0.414. The number of nitrogens with zero attached hydrogens (tertiary/aromatic N) is 2. The van der Waals surface area contributed by atoms with Crippen LogP contribution in [0.5, 0.6) is 0 Å². The van der Waals surface area contributed by atoms with Gasteiger partial charge in [0, 0.05) is 37.1 Å². The van der Waals surface area contributed by atoms with Crippen LogP contribution in [-0.4, -0.2) is 20.1 Å². The summed E-state index contributed by atoms with van der Waals surface area (Å²) in [6, 6.07) is 3.89. The van der Waals surface area contributed by atoms with Gasteiger partial charge in [-0.15, -0.1) is 0 Å². The van der Waals surface area contributed by atoms with Crippen molar-refractivity contribution in [2.75, 3.05) is 0 Å². The first-order valence-corrected chi connectivity index (χ1v) is 5.83. The van der Waals surface area contributed by atoms with Crippen LogP contribution in [0.3, 0.4) is 0 Å². The molecule has 1 N–H and O–H groups in total. The van der Waals surface area contributed by atoms with Gasteiger partial charge in [0.15, 0.2) is 5.13 Å². The number of nitrogens with one attached hydrogen (secondary N) is 1. The highest BCUT2D eigenvalue weighted by Crippen LogP contribution is 2.56. The van der Waals surface area contributed by atoms with Crippen molar-refractivity contribution in [1.29, 1.82) is 0 Å². The van der Waals surface area contributed by atoms with Crippen LogP contribution in [-0.2, 0) is 6.42 Å². The van der Waals surface area contributed by atoms with E-state index in [1.165, 1.54) is 0 Å². The lowest BCUT2D eigenvalue weighted by Crippen LogP contribution is -1.94. The Morgan fingerprint density at radius 2 is 2.18 bits per heavy atom. The van der Waals surface area contributed by atoms with Gasteiger partial charge in [-0.2, -0.15) is 0 Å². The molecular formula is C12H11ClFN3. The highest BCUT2D eigenvalue weighted by atomic mass is 35.5. The molecule has 1 aliphatic carbocycles. The van der Waals surface area contributed by atoms with Gasteiger partial charge in [-0.3, -0.25) is 4.98 Å². The van der Waals surface area contributed by atoms with Gasteiger partial charge in [-0.25, -0.2) is 9.37 Å². The van der Waals surface area contributed by atoms with Gasteiger partial charge in [0.2, 0.25) is 0 Å². The predicted octanol–water partition coefficient (Wildman–Crippen LogP) is 2.79. The van der Waals surface area contributed by atoms with E-state index in [1.54, 1.807) is 18.6 Å². The molecule has 0 spiro atoms. The molecule has 2 unspecified atom stereocenters. The fourth-order valence-electron chi connectivity index (χ4n) is 1.87. The minimum Gasteiger partial charge on any atom is -0.345 e. The maximum absolute atomic E-state index is 13.3. The molecule has 5 heteroatoms. The summed E-state index contributed by atoms with van der Waals surface area (Å²) in [7, 11) is 0. The lowest BCUT2D eigenvalue weighted by Gasteiger charge is -1.97. The first-order chi connectivity index (χ1) is 8.15. The monoisotopic (exact) mass is 251 g/mol. The van der Waals surface area contributed by atoms with E-state index in [0.29, 0.717) is 12.2 Å². The zero-order valence-electron chi connectivity index (χ0n) is 9.03. The number of aromatic amines is 1. The summed E-state index contributed by atoms with van der Waals surface area (Å²) in [5, 5.41) is -1.59. The molecule has 1 saturated carbocycles. The van der Waals surface area contributed by atoms with Crippen LogP contribution >= 0.6 is 11.6 Å². The van der Waals surface area contributed by atoms with Crippen molar-refractivity contribution >= 4 is 11.6 Å². The van der Waals surface area contributed by atoms with Gasteiger partial charge < -0.3 is 4.98 Å². The van der Waals surface area contributed by atoms with Crippen molar-refractivity contribution in [3.8, 4) is 0 Å². The Balaban J connectivity index is 1.74. The smallest absolute Gasteiger partial charge is 0.194 e. The third kappa shape index (κ3) is 2.17. The van der Waals surface area contributed by atoms with E-state index in [4.69, 9.17) is 11.6 Å². The number of rotatable bonds is 3. The van der Waals surface area contributed by atoms with Gasteiger partial charge in [0.1, 0.15) is 5.82 Å². The van der Waals surface area contributed by atoms with E-state index in [9.17, 15) is 4.39 Å². The number of halogens is 2. The Kier molecular flexibility index (Phi) is 2.40. The molecule has 2 aromatic heterocycles. The van der Waals surface area contributed by atoms with Crippen LogP contribution in [0.1, 0.15) is 29.4 Å². The third-order valence-corrected chi connectivity index (χ3v) is 3.37. The molecule has 0 saturated heterocycles. The minimum atomic E-state index is -1.59. The third-order valence-electron chi connectivity index (χ3n) is 2.95. The summed E-state index contributed by atoms with van der Waals surface area (Å²) in [5.41, 5.74) is 2.11. The van der Waals surface area contributed by atoms with Gasteiger partial charge in [-0.1, -0.05) is 11.6 Å². The summed E-state index contributed by atoms with van der Waals surface area (Å²) in [4.78, 5) is 11.3. The van der Waals surface area contributed by atoms with Crippen LogP contribution < -0.4 is 0 Å². The van der Waals surface area contributed by atoms with E-state index < -0.39 is 5.13 Å². The molecule has 0 radical (unpaired) electrons. The van der Waals surface area contributed by atoms with E-state index in [-0.39, 0.29) is 5.92 Å². The normalized spacial score (nSPS) is 27.1. The van der Waals surface area contributed by atoms with Crippen molar-refractivity contribution in [3.05, 3.63) is 47.8 Å². The quantitative estimate of drug-likeness (QED) is 0.853. The molecule has 2 atom stereocenters. The molecule has 0 bridgehead atoms.